The molecule has 92 valence electrons. The van der Waals surface area contributed by atoms with Crippen molar-refractivity contribution in [1.82, 2.24) is 0 Å². The second-order valence-corrected chi connectivity index (χ2v) is 7.45. The van der Waals surface area contributed by atoms with Crippen LogP contribution >= 0.6 is 7.60 Å². The van der Waals surface area contributed by atoms with Crippen molar-refractivity contribution in [3.63, 3.8) is 0 Å². The minimum Gasteiger partial charge on any atom is -0.360 e. The van der Waals surface area contributed by atoms with Crippen molar-refractivity contribution in [1.29, 1.82) is 0 Å². The van der Waals surface area contributed by atoms with Gasteiger partial charge in [0.2, 0.25) is 0 Å². The van der Waals surface area contributed by atoms with Crippen molar-refractivity contribution < 1.29 is 23.1 Å². The SMILES string of the molecule is COC(OC)[SiH2]CCCP(=O)(OC)OC. The van der Waals surface area contributed by atoms with Crippen LogP contribution in [-0.2, 0) is 23.1 Å². The van der Waals surface area contributed by atoms with E-state index in [1.165, 1.54) is 14.2 Å². The van der Waals surface area contributed by atoms with Gasteiger partial charge in [0.25, 0.3) is 0 Å². The summed E-state index contributed by atoms with van der Waals surface area (Å²) >= 11 is 0. The van der Waals surface area contributed by atoms with Crippen LogP contribution in [0.3, 0.4) is 0 Å². The molecule has 0 fully saturated rings. The van der Waals surface area contributed by atoms with E-state index in [-0.39, 0.29) is 5.91 Å². The van der Waals surface area contributed by atoms with Crippen LogP contribution < -0.4 is 0 Å². The van der Waals surface area contributed by atoms with Gasteiger partial charge in [-0.05, 0) is 6.42 Å². The summed E-state index contributed by atoms with van der Waals surface area (Å²) in [6.07, 6.45) is 1.29. The molecule has 0 aliphatic heterocycles. The fourth-order valence-electron chi connectivity index (χ4n) is 1.21. The van der Waals surface area contributed by atoms with Gasteiger partial charge in [0.1, 0.15) is 5.91 Å². The Kier molecular flexibility index (Phi) is 8.60. The van der Waals surface area contributed by atoms with Crippen molar-refractivity contribution >= 4 is 17.1 Å². The molecule has 0 unspecified atom stereocenters. The summed E-state index contributed by atoms with van der Waals surface area (Å²) in [5.41, 5.74) is 0. The Balaban J connectivity index is 3.65. The number of methoxy groups -OCH3 is 2. The molecular formula is C8H21O5PSi. The predicted molar refractivity (Wildman–Crippen MR) is 62.3 cm³/mol. The first kappa shape index (κ1) is 15.3. The molecule has 0 rings (SSSR count). The molecule has 15 heavy (non-hydrogen) atoms. The molecule has 5 nitrogen and oxygen atoms in total. The fourth-order valence-corrected chi connectivity index (χ4v) is 4.09. The van der Waals surface area contributed by atoms with Gasteiger partial charge in [-0.1, -0.05) is 6.04 Å². The van der Waals surface area contributed by atoms with Crippen molar-refractivity contribution in [2.45, 2.75) is 18.4 Å². The lowest BCUT2D eigenvalue weighted by Gasteiger charge is -2.15. The van der Waals surface area contributed by atoms with E-state index in [9.17, 15) is 4.57 Å². The summed E-state index contributed by atoms with van der Waals surface area (Å²) in [5, 5.41) is 0. The van der Waals surface area contributed by atoms with E-state index in [1.54, 1.807) is 14.2 Å². The third-order valence-electron chi connectivity index (χ3n) is 2.20. The van der Waals surface area contributed by atoms with Crippen molar-refractivity contribution in [2.75, 3.05) is 34.6 Å². The van der Waals surface area contributed by atoms with Crippen molar-refractivity contribution in [2.24, 2.45) is 0 Å². The first-order valence-electron chi connectivity index (χ1n) is 4.88. The van der Waals surface area contributed by atoms with Gasteiger partial charge in [0.15, 0.2) is 0 Å². The first-order valence-corrected chi connectivity index (χ1v) is 8.42. The van der Waals surface area contributed by atoms with E-state index in [0.29, 0.717) is 6.16 Å². The third-order valence-corrected chi connectivity index (χ3v) is 6.23. The van der Waals surface area contributed by atoms with Crippen LogP contribution in [0.4, 0.5) is 0 Å². The third kappa shape index (κ3) is 6.45. The van der Waals surface area contributed by atoms with Gasteiger partial charge in [-0.2, -0.15) is 0 Å². The highest BCUT2D eigenvalue weighted by Crippen LogP contribution is 2.46. The summed E-state index contributed by atoms with van der Waals surface area (Å²) in [6, 6.07) is 1.00. The second-order valence-electron chi connectivity index (χ2n) is 3.10. The largest absolute Gasteiger partial charge is 0.360 e. The van der Waals surface area contributed by atoms with Crippen LogP contribution in [-0.4, -0.2) is 50.0 Å². The van der Waals surface area contributed by atoms with Gasteiger partial charge in [0, 0.05) is 34.6 Å². The van der Waals surface area contributed by atoms with E-state index in [1.807, 2.05) is 0 Å². The van der Waals surface area contributed by atoms with Crippen LogP contribution in [0.5, 0.6) is 0 Å². The average Bonchev–Trinajstić information content (AvgIpc) is 2.29. The smallest absolute Gasteiger partial charge is 0.330 e. The van der Waals surface area contributed by atoms with Gasteiger partial charge < -0.3 is 18.5 Å². The normalized spacial score (nSPS) is 13.1. The molecule has 0 saturated carbocycles. The van der Waals surface area contributed by atoms with E-state index < -0.39 is 17.1 Å². The quantitative estimate of drug-likeness (QED) is 0.267. The molecule has 0 aliphatic carbocycles. The zero-order valence-corrected chi connectivity index (χ0v) is 12.2. The minimum atomic E-state index is -2.82. The Labute approximate surface area is 93.8 Å². The highest BCUT2D eigenvalue weighted by atomic mass is 31.2. The average molecular weight is 256 g/mol. The molecule has 0 bridgehead atoms. The Morgan fingerprint density at radius 2 is 1.67 bits per heavy atom. The number of ether oxygens (including phenoxy) is 2. The van der Waals surface area contributed by atoms with Gasteiger partial charge in [-0.25, -0.2) is 0 Å². The summed E-state index contributed by atoms with van der Waals surface area (Å²) in [5.74, 6) is -0.0468. The maximum atomic E-state index is 11.6. The summed E-state index contributed by atoms with van der Waals surface area (Å²) in [4.78, 5) is 0. The lowest BCUT2D eigenvalue weighted by molar-refractivity contribution is -0.0441. The molecule has 0 aromatic heterocycles. The molecule has 0 spiro atoms. The lowest BCUT2D eigenvalue weighted by atomic mass is 10.6. The van der Waals surface area contributed by atoms with Crippen molar-refractivity contribution in [3.05, 3.63) is 0 Å². The number of hydrogen-bond donors (Lipinski definition) is 0. The molecule has 0 atom stereocenters. The van der Waals surface area contributed by atoms with Crippen LogP contribution in [0.2, 0.25) is 6.04 Å². The molecule has 0 aliphatic rings. The Morgan fingerprint density at radius 3 is 2.07 bits per heavy atom. The van der Waals surface area contributed by atoms with E-state index in [0.717, 1.165) is 12.5 Å². The Morgan fingerprint density at radius 1 is 1.13 bits per heavy atom. The molecule has 0 aromatic carbocycles. The highest BCUT2D eigenvalue weighted by molar-refractivity contribution is 7.53. The summed E-state index contributed by atoms with van der Waals surface area (Å²) in [7, 11) is 2.84. The van der Waals surface area contributed by atoms with E-state index >= 15 is 0 Å². The maximum Gasteiger partial charge on any atom is 0.330 e. The van der Waals surface area contributed by atoms with Crippen LogP contribution in [0.25, 0.3) is 0 Å². The van der Waals surface area contributed by atoms with Crippen LogP contribution in [0, 0.1) is 0 Å². The predicted octanol–water partition coefficient (Wildman–Crippen LogP) is 1.03. The standard InChI is InChI=1S/C8H21O5PSi/c1-10-8(11-2)15-7-5-6-14(9,12-3)13-4/h8H,5-7,15H2,1-4H3. The molecule has 0 heterocycles. The maximum absolute atomic E-state index is 11.6. The second kappa shape index (κ2) is 8.44. The van der Waals surface area contributed by atoms with Crippen LogP contribution in [0.15, 0.2) is 0 Å². The highest BCUT2D eigenvalue weighted by Gasteiger charge is 2.20. The van der Waals surface area contributed by atoms with E-state index in [2.05, 4.69) is 0 Å². The number of hydrogen-bond acceptors (Lipinski definition) is 5. The van der Waals surface area contributed by atoms with Gasteiger partial charge in [0.05, 0.1) is 9.52 Å². The fraction of sp³-hybridized carbons (Fsp3) is 1.00. The molecule has 0 amide bonds. The molecule has 0 saturated heterocycles. The van der Waals surface area contributed by atoms with Gasteiger partial charge in [-0.15, -0.1) is 0 Å². The minimum absolute atomic E-state index is 0.0468. The zero-order chi connectivity index (χ0) is 11.7. The van der Waals surface area contributed by atoms with Gasteiger partial charge >= 0.3 is 7.60 Å². The molecule has 0 aromatic rings. The van der Waals surface area contributed by atoms with Crippen molar-refractivity contribution in [3.8, 4) is 0 Å². The molecule has 0 N–H and O–H groups in total. The van der Waals surface area contributed by atoms with Crippen LogP contribution in [0.1, 0.15) is 6.42 Å². The molecule has 7 heteroatoms. The van der Waals surface area contributed by atoms with Gasteiger partial charge in [-0.3, -0.25) is 4.57 Å². The first-order chi connectivity index (χ1) is 7.11. The summed E-state index contributed by atoms with van der Waals surface area (Å²) < 4.78 is 31.5. The zero-order valence-electron chi connectivity index (χ0n) is 9.89. The lowest BCUT2D eigenvalue weighted by Crippen LogP contribution is -2.21. The Hall–Kier alpha value is 0.287. The molecule has 0 radical (unpaired) electrons. The topological polar surface area (TPSA) is 54.0 Å². The molecular weight excluding hydrogens is 235 g/mol. The number of rotatable bonds is 9. The summed E-state index contributed by atoms with van der Waals surface area (Å²) in [6.45, 7) is 0. The Bertz CT molecular complexity index is 189. The van der Waals surface area contributed by atoms with E-state index in [4.69, 9.17) is 18.5 Å². The monoisotopic (exact) mass is 256 g/mol.